The fourth-order valence-corrected chi connectivity index (χ4v) is 5.28. The molecule has 1 fully saturated rings. The lowest BCUT2D eigenvalue weighted by atomic mass is 10.1. The quantitative estimate of drug-likeness (QED) is 0.113. The van der Waals surface area contributed by atoms with E-state index < -0.39 is 17.7 Å². The number of methoxy groups -OCH3 is 1. The van der Waals surface area contributed by atoms with Crippen molar-refractivity contribution >= 4 is 12.2 Å². The van der Waals surface area contributed by atoms with Crippen molar-refractivity contribution in [1.29, 1.82) is 0 Å². The summed E-state index contributed by atoms with van der Waals surface area (Å²) in [7, 11) is 1.50. The van der Waals surface area contributed by atoms with Gasteiger partial charge in [0.1, 0.15) is 36.1 Å². The molecular weight excluding hydrogens is 616 g/mol. The van der Waals surface area contributed by atoms with Crippen molar-refractivity contribution in [3.63, 3.8) is 0 Å². The number of anilines is 1. The summed E-state index contributed by atoms with van der Waals surface area (Å²) in [6.07, 6.45) is 1.79. The molecule has 0 unspecified atom stereocenters. The highest BCUT2D eigenvalue weighted by Crippen LogP contribution is 2.45. The van der Waals surface area contributed by atoms with Gasteiger partial charge in [-0.05, 0) is 50.5 Å². The van der Waals surface area contributed by atoms with Gasteiger partial charge in [0.05, 0.1) is 12.8 Å². The molecule has 1 aliphatic carbocycles. The van der Waals surface area contributed by atoms with Crippen LogP contribution in [0.3, 0.4) is 0 Å². The minimum absolute atomic E-state index is 0.0106. The van der Waals surface area contributed by atoms with E-state index in [1.54, 1.807) is 43.0 Å². The smallest absolute Gasteiger partial charge is 0.434 e. The molecule has 0 bridgehead atoms. The number of alkyl halides is 3. The number of nitrogens with zero attached hydrogens (tertiary/aromatic N) is 8. The molecule has 1 saturated carbocycles. The van der Waals surface area contributed by atoms with Gasteiger partial charge in [-0.3, -0.25) is 4.79 Å². The normalized spacial score (nSPS) is 13.2. The van der Waals surface area contributed by atoms with E-state index in [1.807, 2.05) is 0 Å². The maximum Gasteiger partial charge on any atom is 0.434 e. The van der Waals surface area contributed by atoms with Crippen molar-refractivity contribution in [2.75, 3.05) is 12.0 Å². The number of aromatic nitrogens is 7. The molecule has 47 heavy (non-hydrogen) atoms. The zero-order chi connectivity index (χ0) is 33.3. The first-order valence-corrected chi connectivity index (χ1v) is 14.9. The highest BCUT2D eigenvalue weighted by atomic mass is 19.4. The van der Waals surface area contributed by atoms with Crippen molar-refractivity contribution in [2.45, 2.75) is 57.9 Å². The summed E-state index contributed by atoms with van der Waals surface area (Å²) in [6, 6.07) is 10.7. The molecule has 0 radical (unpaired) electrons. The molecule has 10 nitrogen and oxygen atoms in total. The van der Waals surface area contributed by atoms with Crippen molar-refractivity contribution in [2.24, 2.45) is 0 Å². The number of carbonyl (C=O) groups excluding carboxylic acids is 1. The fraction of sp³-hybridized carbons (Fsp3) is 0.303. The van der Waals surface area contributed by atoms with Gasteiger partial charge in [0.2, 0.25) is 11.8 Å². The van der Waals surface area contributed by atoms with E-state index in [2.05, 4.69) is 24.9 Å². The van der Waals surface area contributed by atoms with E-state index in [4.69, 9.17) is 9.72 Å². The number of rotatable bonds is 11. The van der Waals surface area contributed by atoms with Crippen LogP contribution < -0.4 is 9.64 Å². The Kier molecular flexibility index (Phi) is 8.67. The number of halogens is 4. The van der Waals surface area contributed by atoms with E-state index in [1.165, 1.54) is 42.5 Å². The summed E-state index contributed by atoms with van der Waals surface area (Å²) >= 11 is 0. The Morgan fingerprint density at radius 3 is 2.40 bits per heavy atom. The van der Waals surface area contributed by atoms with Gasteiger partial charge in [0.25, 0.3) is 0 Å². The first kappa shape index (κ1) is 31.7. The third-order valence-electron chi connectivity index (χ3n) is 7.80. The van der Waals surface area contributed by atoms with Crippen LogP contribution in [0.1, 0.15) is 71.5 Å². The van der Waals surface area contributed by atoms with Gasteiger partial charge < -0.3 is 14.2 Å². The van der Waals surface area contributed by atoms with Crippen LogP contribution >= 0.6 is 0 Å². The minimum Gasteiger partial charge on any atom is -0.480 e. The molecule has 0 amide bonds. The molecular formula is C33H30F4N8O2. The van der Waals surface area contributed by atoms with Crippen LogP contribution in [0.15, 0.2) is 61.3 Å². The molecule has 0 saturated heterocycles. The summed E-state index contributed by atoms with van der Waals surface area (Å²) in [5.41, 5.74) is 2.15. The zero-order valence-corrected chi connectivity index (χ0v) is 25.7. The van der Waals surface area contributed by atoms with Crippen molar-refractivity contribution in [3.05, 3.63) is 95.2 Å². The van der Waals surface area contributed by atoms with E-state index in [-0.39, 0.29) is 48.2 Å². The Bertz CT molecular complexity index is 1910. The monoisotopic (exact) mass is 646 g/mol. The van der Waals surface area contributed by atoms with Crippen LogP contribution in [-0.4, -0.2) is 47.9 Å². The molecule has 0 atom stereocenters. The number of carbonyl (C=O) groups is 1. The first-order valence-electron chi connectivity index (χ1n) is 14.9. The average Bonchev–Trinajstić information content (AvgIpc) is 3.81. The molecule has 6 rings (SSSR count). The van der Waals surface area contributed by atoms with Gasteiger partial charge in [-0.15, -0.1) is 0 Å². The minimum atomic E-state index is -4.58. The van der Waals surface area contributed by atoms with Crippen LogP contribution in [0.5, 0.6) is 5.88 Å². The van der Waals surface area contributed by atoms with Crippen LogP contribution in [0.25, 0.3) is 22.8 Å². The van der Waals surface area contributed by atoms with Crippen LogP contribution in [0.2, 0.25) is 0 Å². The second kappa shape index (κ2) is 12.9. The standard InChI is InChI=1S/C33H30F4N8O2/c1-19(2)45-15-26(33(35,36)37)42-30(45)23-7-4-20(5-8-23)13-44(14-24-12-21(16-46)6-11-25(24)34)32-41-18-39-29(43-32)27-28(22-9-10-22)38-17-40-31(27)47-3/h4-8,11-12,15-19,22H,9-10,13-14H2,1-3H3. The molecule has 3 aromatic heterocycles. The topological polar surface area (TPSA) is 112 Å². The Hall–Kier alpha value is -5.27. The van der Waals surface area contributed by atoms with E-state index >= 15 is 4.39 Å². The summed E-state index contributed by atoms with van der Waals surface area (Å²) in [4.78, 5) is 39.4. The highest BCUT2D eigenvalue weighted by Gasteiger charge is 2.35. The predicted octanol–water partition coefficient (Wildman–Crippen LogP) is 6.84. The van der Waals surface area contributed by atoms with Gasteiger partial charge in [-0.1, -0.05) is 24.3 Å². The third-order valence-corrected chi connectivity index (χ3v) is 7.80. The van der Waals surface area contributed by atoms with E-state index in [0.29, 0.717) is 28.9 Å². The number of aldehydes is 1. The van der Waals surface area contributed by atoms with Gasteiger partial charge in [-0.2, -0.15) is 18.2 Å². The Morgan fingerprint density at radius 2 is 1.74 bits per heavy atom. The molecule has 1 aliphatic rings. The molecule has 14 heteroatoms. The van der Waals surface area contributed by atoms with Gasteiger partial charge in [-0.25, -0.2) is 29.3 Å². The summed E-state index contributed by atoms with van der Waals surface area (Å²) in [5, 5.41) is 0. The molecule has 0 aliphatic heterocycles. The number of benzene rings is 2. The lowest BCUT2D eigenvalue weighted by molar-refractivity contribution is -0.140. The van der Waals surface area contributed by atoms with Crippen molar-refractivity contribution < 1.29 is 27.1 Å². The molecule has 242 valence electrons. The molecule has 3 heterocycles. The molecule has 0 spiro atoms. The zero-order valence-electron chi connectivity index (χ0n) is 25.7. The Morgan fingerprint density at radius 1 is 1.00 bits per heavy atom. The second-order valence-electron chi connectivity index (χ2n) is 11.5. The first-order chi connectivity index (χ1) is 22.5. The van der Waals surface area contributed by atoms with E-state index in [0.717, 1.165) is 30.3 Å². The average molecular weight is 647 g/mol. The second-order valence-corrected chi connectivity index (χ2v) is 11.5. The van der Waals surface area contributed by atoms with Gasteiger partial charge in [0, 0.05) is 47.9 Å². The lowest BCUT2D eigenvalue weighted by Crippen LogP contribution is -2.25. The number of ether oxygens (including phenoxy) is 1. The lowest BCUT2D eigenvalue weighted by Gasteiger charge is -2.24. The maximum atomic E-state index is 15.0. The van der Waals surface area contributed by atoms with Gasteiger partial charge in [0.15, 0.2) is 11.5 Å². The van der Waals surface area contributed by atoms with Crippen LogP contribution in [-0.2, 0) is 19.3 Å². The Balaban J connectivity index is 1.37. The molecule has 0 N–H and O–H groups in total. The van der Waals surface area contributed by atoms with Gasteiger partial charge >= 0.3 is 6.18 Å². The van der Waals surface area contributed by atoms with E-state index in [9.17, 15) is 18.0 Å². The Labute approximate surface area is 267 Å². The third kappa shape index (κ3) is 6.81. The summed E-state index contributed by atoms with van der Waals surface area (Å²) in [6.45, 7) is 3.73. The SMILES string of the molecule is COc1ncnc(C2CC2)c1-c1ncnc(N(Cc2ccc(-c3nc(C(F)(F)F)cn3C(C)C)cc2)Cc2cc(C=O)ccc2F)n1. The molecule has 2 aromatic carbocycles. The largest absolute Gasteiger partial charge is 0.480 e. The number of imidazole rings is 1. The van der Waals surface area contributed by atoms with Crippen molar-refractivity contribution in [1.82, 2.24) is 34.5 Å². The summed E-state index contributed by atoms with van der Waals surface area (Å²) < 4.78 is 62.4. The molecule has 5 aromatic rings. The summed E-state index contributed by atoms with van der Waals surface area (Å²) in [5.74, 6) is 0.733. The maximum absolute atomic E-state index is 15.0. The highest BCUT2D eigenvalue weighted by molar-refractivity contribution is 5.75. The van der Waals surface area contributed by atoms with Crippen LogP contribution in [0, 0.1) is 5.82 Å². The number of hydrogen-bond acceptors (Lipinski definition) is 9. The predicted molar refractivity (Wildman–Crippen MR) is 164 cm³/mol. The fourth-order valence-electron chi connectivity index (χ4n) is 5.28. The van der Waals surface area contributed by atoms with Crippen LogP contribution in [0.4, 0.5) is 23.5 Å². The van der Waals surface area contributed by atoms with Crippen molar-refractivity contribution in [3.8, 4) is 28.7 Å². The number of hydrogen-bond donors (Lipinski definition) is 0.